The Balaban J connectivity index is 1.59. The lowest BCUT2D eigenvalue weighted by Crippen LogP contribution is -2.66. The maximum Gasteiger partial charge on any atom is 0.0377 e. The number of piperazine rings is 3. The SMILES string of the molecule is CCCNC(CCc1cccs1)C1CN2CCN1CC2. The van der Waals surface area contributed by atoms with Crippen LogP contribution in [0.1, 0.15) is 24.6 Å². The fraction of sp³-hybridized carbons (Fsp3) is 0.750. The van der Waals surface area contributed by atoms with Crippen LogP contribution in [0.3, 0.4) is 0 Å². The Labute approximate surface area is 127 Å². The summed E-state index contributed by atoms with van der Waals surface area (Å²) in [7, 11) is 0. The van der Waals surface area contributed by atoms with Gasteiger partial charge in [-0.25, -0.2) is 0 Å². The molecule has 1 aromatic rings. The molecule has 0 aliphatic carbocycles. The van der Waals surface area contributed by atoms with Crippen LogP contribution in [0.5, 0.6) is 0 Å². The summed E-state index contributed by atoms with van der Waals surface area (Å²) in [6.45, 7) is 9.79. The van der Waals surface area contributed by atoms with Gasteiger partial charge < -0.3 is 5.32 Å². The number of rotatable bonds is 7. The fourth-order valence-corrected chi connectivity index (χ4v) is 4.28. The van der Waals surface area contributed by atoms with Gasteiger partial charge in [-0.3, -0.25) is 9.80 Å². The van der Waals surface area contributed by atoms with E-state index in [0.29, 0.717) is 6.04 Å². The highest BCUT2D eigenvalue weighted by Gasteiger charge is 2.36. The molecule has 2 unspecified atom stereocenters. The molecule has 1 aromatic heterocycles. The molecule has 0 saturated carbocycles. The number of nitrogens with zero attached hydrogens (tertiary/aromatic N) is 2. The number of aryl methyl sites for hydroxylation is 1. The van der Waals surface area contributed by atoms with Gasteiger partial charge in [0.1, 0.15) is 0 Å². The van der Waals surface area contributed by atoms with E-state index in [1.54, 1.807) is 0 Å². The summed E-state index contributed by atoms with van der Waals surface area (Å²) in [5, 5.41) is 6.02. The van der Waals surface area contributed by atoms with Gasteiger partial charge in [-0.15, -0.1) is 11.3 Å². The highest BCUT2D eigenvalue weighted by Crippen LogP contribution is 2.21. The summed E-state index contributed by atoms with van der Waals surface area (Å²) in [5.41, 5.74) is 0. The largest absolute Gasteiger partial charge is 0.312 e. The molecule has 0 aromatic carbocycles. The van der Waals surface area contributed by atoms with Crippen LogP contribution in [0.25, 0.3) is 0 Å². The summed E-state index contributed by atoms with van der Waals surface area (Å²) in [6.07, 6.45) is 3.73. The second-order valence-electron chi connectivity index (χ2n) is 6.08. The van der Waals surface area contributed by atoms with Gasteiger partial charge in [0, 0.05) is 49.7 Å². The molecule has 0 radical (unpaired) electrons. The normalized spacial score (nSPS) is 30.6. The van der Waals surface area contributed by atoms with Gasteiger partial charge in [-0.05, 0) is 37.3 Å². The first-order valence-electron chi connectivity index (χ1n) is 8.09. The van der Waals surface area contributed by atoms with Gasteiger partial charge >= 0.3 is 0 Å². The molecule has 112 valence electrons. The van der Waals surface area contributed by atoms with Crippen molar-refractivity contribution in [3.8, 4) is 0 Å². The van der Waals surface area contributed by atoms with Gasteiger partial charge in [0.2, 0.25) is 0 Å². The van der Waals surface area contributed by atoms with Crippen LogP contribution in [0.4, 0.5) is 0 Å². The Bertz CT molecular complexity index is 384. The molecule has 3 aliphatic rings. The van der Waals surface area contributed by atoms with Crippen LogP contribution in [0, 0.1) is 0 Å². The van der Waals surface area contributed by atoms with Crippen molar-refractivity contribution in [1.29, 1.82) is 0 Å². The monoisotopic (exact) mass is 293 g/mol. The predicted octanol–water partition coefficient (Wildman–Crippen LogP) is 2.05. The Morgan fingerprint density at radius 2 is 2.20 bits per heavy atom. The molecule has 4 rings (SSSR count). The lowest BCUT2D eigenvalue weighted by molar-refractivity contribution is -0.00434. The Morgan fingerprint density at radius 3 is 2.80 bits per heavy atom. The number of hydrogen-bond donors (Lipinski definition) is 1. The first kappa shape index (κ1) is 14.5. The van der Waals surface area contributed by atoms with Gasteiger partial charge in [0.05, 0.1) is 0 Å². The van der Waals surface area contributed by atoms with E-state index in [0.717, 1.165) is 12.6 Å². The maximum absolute atomic E-state index is 3.82. The summed E-state index contributed by atoms with van der Waals surface area (Å²) in [4.78, 5) is 6.91. The second kappa shape index (κ2) is 7.03. The van der Waals surface area contributed by atoms with Crippen molar-refractivity contribution in [2.75, 3.05) is 39.3 Å². The van der Waals surface area contributed by atoms with Crippen molar-refractivity contribution < 1.29 is 0 Å². The van der Waals surface area contributed by atoms with Crippen molar-refractivity contribution >= 4 is 11.3 Å². The van der Waals surface area contributed by atoms with E-state index in [9.17, 15) is 0 Å². The molecule has 3 aliphatic heterocycles. The quantitative estimate of drug-likeness (QED) is 0.830. The third-order valence-electron chi connectivity index (χ3n) is 4.72. The van der Waals surface area contributed by atoms with Crippen LogP contribution in [0.2, 0.25) is 0 Å². The first-order chi connectivity index (χ1) is 9.86. The summed E-state index contributed by atoms with van der Waals surface area (Å²) < 4.78 is 0. The van der Waals surface area contributed by atoms with E-state index in [1.807, 2.05) is 11.3 Å². The Morgan fingerprint density at radius 1 is 1.35 bits per heavy atom. The molecule has 2 bridgehead atoms. The third-order valence-corrected chi connectivity index (χ3v) is 5.66. The van der Waals surface area contributed by atoms with Gasteiger partial charge in [0.15, 0.2) is 0 Å². The lowest BCUT2D eigenvalue weighted by atomic mass is 9.96. The predicted molar refractivity (Wildman–Crippen MR) is 86.5 cm³/mol. The van der Waals surface area contributed by atoms with Gasteiger partial charge in [-0.1, -0.05) is 13.0 Å². The summed E-state index contributed by atoms with van der Waals surface area (Å²) >= 11 is 1.90. The fourth-order valence-electron chi connectivity index (χ4n) is 3.55. The van der Waals surface area contributed by atoms with Gasteiger partial charge in [-0.2, -0.15) is 0 Å². The van der Waals surface area contributed by atoms with Gasteiger partial charge in [0.25, 0.3) is 0 Å². The maximum atomic E-state index is 3.82. The van der Waals surface area contributed by atoms with Crippen LogP contribution < -0.4 is 5.32 Å². The number of nitrogens with one attached hydrogen (secondary N) is 1. The minimum atomic E-state index is 0.653. The zero-order valence-electron chi connectivity index (χ0n) is 12.6. The molecule has 4 heteroatoms. The van der Waals surface area contributed by atoms with Crippen LogP contribution in [0.15, 0.2) is 17.5 Å². The third kappa shape index (κ3) is 3.42. The van der Waals surface area contributed by atoms with E-state index in [1.165, 1.54) is 56.9 Å². The molecular weight excluding hydrogens is 266 g/mol. The molecule has 3 nitrogen and oxygen atoms in total. The topological polar surface area (TPSA) is 18.5 Å². The zero-order chi connectivity index (χ0) is 13.8. The highest BCUT2D eigenvalue weighted by atomic mass is 32.1. The van der Waals surface area contributed by atoms with Crippen LogP contribution >= 0.6 is 11.3 Å². The molecule has 1 N–H and O–H groups in total. The van der Waals surface area contributed by atoms with Crippen molar-refractivity contribution in [2.24, 2.45) is 0 Å². The van der Waals surface area contributed by atoms with E-state index in [2.05, 4.69) is 39.6 Å². The van der Waals surface area contributed by atoms with E-state index in [4.69, 9.17) is 0 Å². The van der Waals surface area contributed by atoms with Crippen molar-refractivity contribution in [3.63, 3.8) is 0 Å². The molecule has 20 heavy (non-hydrogen) atoms. The number of thiophene rings is 1. The van der Waals surface area contributed by atoms with Crippen molar-refractivity contribution in [2.45, 2.75) is 38.3 Å². The van der Waals surface area contributed by atoms with Crippen molar-refractivity contribution in [1.82, 2.24) is 15.1 Å². The summed E-state index contributed by atoms with van der Waals surface area (Å²) in [6, 6.07) is 5.83. The minimum Gasteiger partial charge on any atom is -0.312 e. The molecule has 3 saturated heterocycles. The minimum absolute atomic E-state index is 0.653. The molecular formula is C16H27N3S. The number of fused-ring (bicyclic) bond motifs is 3. The average Bonchev–Trinajstić information content (AvgIpc) is 3.02. The van der Waals surface area contributed by atoms with Crippen LogP contribution in [-0.2, 0) is 6.42 Å². The Kier molecular flexibility index (Phi) is 5.10. The highest BCUT2D eigenvalue weighted by molar-refractivity contribution is 7.09. The Hall–Kier alpha value is -0.420. The average molecular weight is 293 g/mol. The smallest absolute Gasteiger partial charge is 0.0377 e. The van der Waals surface area contributed by atoms with E-state index >= 15 is 0 Å². The molecule has 0 amide bonds. The number of hydrogen-bond acceptors (Lipinski definition) is 4. The standard InChI is InChI=1S/C16H27N3S/c1-2-7-17-15(6-5-14-4-3-12-20-14)16-13-18-8-10-19(16)11-9-18/h3-4,12,15-17H,2,5-11,13H2,1H3. The first-order valence-corrected chi connectivity index (χ1v) is 8.97. The molecule has 2 atom stereocenters. The van der Waals surface area contributed by atoms with Crippen LogP contribution in [-0.4, -0.2) is 61.2 Å². The second-order valence-corrected chi connectivity index (χ2v) is 7.11. The zero-order valence-corrected chi connectivity index (χ0v) is 13.4. The van der Waals surface area contributed by atoms with E-state index in [-0.39, 0.29) is 0 Å². The summed E-state index contributed by atoms with van der Waals surface area (Å²) in [5.74, 6) is 0. The van der Waals surface area contributed by atoms with Crippen molar-refractivity contribution in [3.05, 3.63) is 22.4 Å². The van der Waals surface area contributed by atoms with E-state index < -0.39 is 0 Å². The molecule has 0 spiro atoms. The lowest BCUT2D eigenvalue weighted by Gasteiger charge is -2.50. The molecule has 3 fully saturated rings. The molecule has 4 heterocycles.